The molecule has 4 aromatic carbocycles. The van der Waals surface area contributed by atoms with E-state index < -0.39 is 0 Å². The van der Waals surface area contributed by atoms with Gasteiger partial charge in [-0.15, -0.1) is 0 Å². The molecule has 1 amide bonds. The molecule has 0 radical (unpaired) electrons. The Labute approximate surface area is 206 Å². The molecule has 0 spiro atoms. The smallest absolute Gasteiger partial charge is 0.255 e. The molecule has 0 aliphatic carbocycles. The van der Waals surface area contributed by atoms with Gasteiger partial charge in [-0.3, -0.25) is 4.79 Å². The monoisotopic (exact) mass is 467 g/mol. The zero-order valence-electron chi connectivity index (χ0n) is 20.2. The molecule has 5 nitrogen and oxygen atoms in total. The van der Waals surface area contributed by atoms with Crippen LogP contribution < -0.4 is 19.5 Å². The van der Waals surface area contributed by atoms with Crippen LogP contribution in [-0.2, 0) is 6.61 Å². The molecule has 0 aromatic heterocycles. The van der Waals surface area contributed by atoms with Crippen LogP contribution in [0.5, 0.6) is 23.0 Å². The van der Waals surface area contributed by atoms with E-state index in [0.29, 0.717) is 35.3 Å². The number of carbonyl (C=O) groups is 1. The molecule has 35 heavy (non-hydrogen) atoms. The van der Waals surface area contributed by atoms with E-state index in [-0.39, 0.29) is 5.91 Å². The normalized spacial score (nSPS) is 10.6. The summed E-state index contributed by atoms with van der Waals surface area (Å²) >= 11 is 0. The zero-order chi connectivity index (χ0) is 24.6. The highest BCUT2D eigenvalue weighted by Gasteiger charge is 2.13. The Morgan fingerprint density at radius 2 is 1.49 bits per heavy atom. The summed E-state index contributed by atoms with van der Waals surface area (Å²) in [6, 6.07) is 30.2. The Hall–Kier alpha value is -4.25. The fraction of sp³-hybridized carbons (Fsp3) is 0.167. The summed E-state index contributed by atoms with van der Waals surface area (Å²) in [5.41, 5.74) is 3.13. The fourth-order valence-electron chi connectivity index (χ4n) is 3.71. The SMILES string of the molecule is COc1ccc(C(=O)Nc2ccc(Oc3ccccc3)cc2)cc1COc1ccccc1C(C)C. The number of para-hydroxylation sites is 2. The van der Waals surface area contributed by atoms with Crippen LogP contribution in [0.3, 0.4) is 0 Å². The first-order chi connectivity index (χ1) is 17.0. The Kier molecular flexibility index (Phi) is 7.68. The third kappa shape index (κ3) is 6.21. The van der Waals surface area contributed by atoms with Crippen LogP contribution >= 0.6 is 0 Å². The average Bonchev–Trinajstić information content (AvgIpc) is 2.89. The van der Waals surface area contributed by atoms with E-state index in [2.05, 4.69) is 25.2 Å². The third-order valence-electron chi connectivity index (χ3n) is 5.56. The van der Waals surface area contributed by atoms with Gasteiger partial charge < -0.3 is 19.5 Å². The molecular weight excluding hydrogens is 438 g/mol. The minimum atomic E-state index is -0.215. The van der Waals surface area contributed by atoms with Crippen molar-refractivity contribution in [2.24, 2.45) is 0 Å². The van der Waals surface area contributed by atoms with Gasteiger partial charge in [-0.1, -0.05) is 50.2 Å². The van der Waals surface area contributed by atoms with Crippen molar-refractivity contribution >= 4 is 11.6 Å². The van der Waals surface area contributed by atoms with Crippen LogP contribution in [0, 0.1) is 0 Å². The van der Waals surface area contributed by atoms with Gasteiger partial charge in [0.1, 0.15) is 29.6 Å². The summed E-state index contributed by atoms with van der Waals surface area (Å²) < 4.78 is 17.4. The number of hydrogen-bond acceptors (Lipinski definition) is 4. The maximum atomic E-state index is 12.9. The van der Waals surface area contributed by atoms with Gasteiger partial charge in [0.05, 0.1) is 7.11 Å². The number of anilines is 1. The zero-order valence-corrected chi connectivity index (χ0v) is 20.2. The highest BCUT2D eigenvalue weighted by molar-refractivity contribution is 6.04. The van der Waals surface area contributed by atoms with Gasteiger partial charge >= 0.3 is 0 Å². The molecule has 0 saturated heterocycles. The average molecular weight is 468 g/mol. The van der Waals surface area contributed by atoms with E-state index in [1.54, 1.807) is 25.3 Å². The van der Waals surface area contributed by atoms with E-state index in [4.69, 9.17) is 14.2 Å². The maximum Gasteiger partial charge on any atom is 0.255 e. The Balaban J connectivity index is 1.44. The van der Waals surface area contributed by atoms with Gasteiger partial charge in [-0.05, 0) is 72.1 Å². The van der Waals surface area contributed by atoms with Crippen LogP contribution in [-0.4, -0.2) is 13.0 Å². The van der Waals surface area contributed by atoms with Gasteiger partial charge in [0.2, 0.25) is 0 Å². The second-order valence-corrected chi connectivity index (χ2v) is 8.40. The molecule has 0 bridgehead atoms. The van der Waals surface area contributed by atoms with Crippen LogP contribution in [0.15, 0.2) is 97.1 Å². The molecule has 0 aliphatic heterocycles. The van der Waals surface area contributed by atoms with E-state index in [1.807, 2.05) is 72.8 Å². The summed E-state index contributed by atoms with van der Waals surface area (Å²) in [6.45, 7) is 4.56. The number of hydrogen-bond donors (Lipinski definition) is 1. The summed E-state index contributed by atoms with van der Waals surface area (Å²) in [5.74, 6) is 3.08. The lowest BCUT2D eigenvalue weighted by Crippen LogP contribution is -2.13. The van der Waals surface area contributed by atoms with E-state index in [0.717, 1.165) is 22.6 Å². The number of ether oxygens (including phenoxy) is 3. The van der Waals surface area contributed by atoms with Gasteiger partial charge in [0.25, 0.3) is 5.91 Å². The number of methoxy groups -OCH3 is 1. The predicted octanol–water partition coefficient (Wildman–Crippen LogP) is 7.44. The molecule has 0 atom stereocenters. The molecule has 5 heteroatoms. The van der Waals surface area contributed by atoms with E-state index in [9.17, 15) is 4.79 Å². The minimum Gasteiger partial charge on any atom is -0.496 e. The molecule has 0 saturated carbocycles. The fourth-order valence-corrected chi connectivity index (χ4v) is 3.71. The molecule has 0 unspecified atom stereocenters. The summed E-state index contributed by atoms with van der Waals surface area (Å²) in [6.07, 6.45) is 0. The lowest BCUT2D eigenvalue weighted by Gasteiger charge is -2.16. The molecule has 178 valence electrons. The van der Waals surface area contributed by atoms with Crippen LogP contribution in [0.2, 0.25) is 0 Å². The van der Waals surface area contributed by atoms with E-state index >= 15 is 0 Å². The van der Waals surface area contributed by atoms with Crippen LogP contribution in [0.4, 0.5) is 5.69 Å². The van der Waals surface area contributed by atoms with Crippen molar-refractivity contribution in [2.75, 3.05) is 12.4 Å². The molecule has 0 heterocycles. The molecular formula is C30H29NO4. The van der Waals surface area contributed by atoms with Crippen molar-refractivity contribution in [3.63, 3.8) is 0 Å². The second kappa shape index (κ2) is 11.3. The highest BCUT2D eigenvalue weighted by Crippen LogP contribution is 2.29. The Morgan fingerprint density at radius 1 is 0.800 bits per heavy atom. The maximum absolute atomic E-state index is 12.9. The van der Waals surface area contributed by atoms with Crippen molar-refractivity contribution in [2.45, 2.75) is 26.4 Å². The van der Waals surface area contributed by atoms with E-state index in [1.165, 1.54) is 0 Å². The third-order valence-corrected chi connectivity index (χ3v) is 5.56. The molecule has 4 aromatic rings. The van der Waals surface area contributed by atoms with Crippen LogP contribution in [0.1, 0.15) is 41.3 Å². The molecule has 0 aliphatic rings. The van der Waals surface area contributed by atoms with Gasteiger partial charge in [-0.25, -0.2) is 0 Å². The topological polar surface area (TPSA) is 56.8 Å². The van der Waals surface area contributed by atoms with Crippen molar-refractivity contribution in [3.8, 4) is 23.0 Å². The first-order valence-corrected chi connectivity index (χ1v) is 11.6. The second-order valence-electron chi connectivity index (χ2n) is 8.40. The number of amides is 1. The summed E-state index contributed by atoms with van der Waals surface area (Å²) in [7, 11) is 1.61. The lowest BCUT2D eigenvalue weighted by atomic mass is 10.0. The van der Waals surface area contributed by atoms with Crippen molar-refractivity contribution in [1.82, 2.24) is 0 Å². The summed E-state index contributed by atoms with van der Waals surface area (Å²) in [4.78, 5) is 12.9. The first kappa shape index (κ1) is 23.9. The first-order valence-electron chi connectivity index (χ1n) is 11.6. The largest absolute Gasteiger partial charge is 0.496 e. The Morgan fingerprint density at radius 3 is 2.20 bits per heavy atom. The molecule has 4 rings (SSSR count). The quantitative estimate of drug-likeness (QED) is 0.278. The Bertz CT molecular complexity index is 1270. The van der Waals surface area contributed by atoms with Crippen LogP contribution in [0.25, 0.3) is 0 Å². The van der Waals surface area contributed by atoms with Crippen molar-refractivity contribution in [1.29, 1.82) is 0 Å². The highest BCUT2D eigenvalue weighted by atomic mass is 16.5. The minimum absolute atomic E-state index is 0.215. The van der Waals surface area contributed by atoms with Gasteiger partial charge in [0.15, 0.2) is 0 Å². The predicted molar refractivity (Wildman–Crippen MR) is 139 cm³/mol. The molecule has 1 N–H and O–H groups in total. The number of nitrogens with one attached hydrogen (secondary N) is 1. The molecule has 0 fully saturated rings. The number of carbonyl (C=O) groups excluding carboxylic acids is 1. The van der Waals surface area contributed by atoms with Gasteiger partial charge in [-0.2, -0.15) is 0 Å². The number of benzene rings is 4. The van der Waals surface area contributed by atoms with Crippen molar-refractivity contribution in [3.05, 3.63) is 114 Å². The van der Waals surface area contributed by atoms with Crippen molar-refractivity contribution < 1.29 is 19.0 Å². The number of rotatable bonds is 9. The summed E-state index contributed by atoms with van der Waals surface area (Å²) in [5, 5.41) is 2.94. The standard InChI is InChI=1S/C30H29NO4/c1-21(2)27-11-7-8-12-29(27)34-20-23-19-22(13-18-28(23)33-3)30(32)31-24-14-16-26(17-15-24)35-25-9-5-4-6-10-25/h4-19,21H,20H2,1-3H3,(H,31,32). The lowest BCUT2D eigenvalue weighted by molar-refractivity contribution is 0.102. The van der Waals surface area contributed by atoms with Gasteiger partial charge in [0, 0.05) is 16.8 Å².